The molecule has 1 aliphatic carbocycles. The molecule has 1 aromatic carbocycles. The van der Waals surface area contributed by atoms with Gasteiger partial charge in [0.2, 0.25) is 0 Å². The van der Waals surface area contributed by atoms with Gasteiger partial charge in [-0.3, -0.25) is 0 Å². The van der Waals surface area contributed by atoms with E-state index in [0.717, 1.165) is 11.0 Å². The van der Waals surface area contributed by atoms with Crippen molar-refractivity contribution in [3.63, 3.8) is 0 Å². The van der Waals surface area contributed by atoms with Crippen LogP contribution in [0.1, 0.15) is 44.9 Å². The number of nitrogens with one attached hydrogen (secondary N) is 1. The van der Waals surface area contributed by atoms with Gasteiger partial charge >= 0.3 is 0 Å². The molecule has 0 saturated heterocycles. The van der Waals surface area contributed by atoms with Crippen LogP contribution in [-0.4, -0.2) is 6.54 Å². The van der Waals surface area contributed by atoms with Crippen LogP contribution in [0, 0.1) is 11.7 Å². The van der Waals surface area contributed by atoms with Gasteiger partial charge in [-0.2, -0.15) is 0 Å². The second-order valence-electron chi connectivity index (χ2n) is 5.22. The molecule has 0 unspecified atom stereocenters. The smallest absolute Gasteiger partial charge is 0.147 e. The standard InChI is InChI=1S/C15H21BrFN/c16-13-8-9-15(14(17)10-13)18-11-12-6-4-2-1-3-5-7-12/h8-10,12,18H,1-7,11H2. The van der Waals surface area contributed by atoms with Gasteiger partial charge in [-0.05, 0) is 37.0 Å². The highest BCUT2D eigenvalue weighted by atomic mass is 79.9. The molecule has 0 amide bonds. The number of anilines is 1. The summed E-state index contributed by atoms with van der Waals surface area (Å²) in [5, 5.41) is 3.26. The number of hydrogen-bond donors (Lipinski definition) is 1. The van der Waals surface area contributed by atoms with Gasteiger partial charge in [-0.15, -0.1) is 0 Å². The minimum atomic E-state index is -0.171. The molecule has 0 atom stereocenters. The Bertz CT molecular complexity index is 373. The van der Waals surface area contributed by atoms with Crippen LogP contribution in [0.5, 0.6) is 0 Å². The van der Waals surface area contributed by atoms with Crippen LogP contribution >= 0.6 is 15.9 Å². The minimum absolute atomic E-state index is 0.171. The van der Waals surface area contributed by atoms with Gasteiger partial charge in [0.05, 0.1) is 5.69 Å². The largest absolute Gasteiger partial charge is 0.382 e. The van der Waals surface area contributed by atoms with Gasteiger partial charge in [-0.1, -0.05) is 48.0 Å². The van der Waals surface area contributed by atoms with E-state index >= 15 is 0 Å². The van der Waals surface area contributed by atoms with Crippen molar-refractivity contribution in [3.05, 3.63) is 28.5 Å². The monoisotopic (exact) mass is 313 g/mol. The molecule has 1 N–H and O–H groups in total. The Hall–Kier alpha value is -0.570. The lowest BCUT2D eigenvalue weighted by molar-refractivity contribution is 0.392. The Morgan fingerprint density at radius 1 is 1.11 bits per heavy atom. The average molecular weight is 314 g/mol. The molecule has 1 saturated carbocycles. The summed E-state index contributed by atoms with van der Waals surface area (Å²) in [5.41, 5.74) is 0.625. The van der Waals surface area contributed by atoms with Crippen LogP contribution in [0.3, 0.4) is 0 Å². The third-order valence-corrected chi connectivity index (χ3v) is 4.23. The Morgan fingerprint density at radius 2 is 1.78 bits per heavy atom. The first-order chi connectivity index (χ1) is 8.75. The zero-order chi connectivity index (χ0) is 12.8. The molecular formula is C15H21BrFN. The summed E-state index contributed by atoms with van der Waals surface area (Å²) in [4.78, 5) is 0. The second-order valence-corrected chi connectivity index (χ2v) is 6.13. The lowest BCUT2D eigenvalue weighted by Gasteiger charge is -2.20. The molecule has 0 bridgehead atoms. The molecule has 1 aliphatic rings. The van der Waals surface area contributed by atoms with Crippen molar-refractivity contribution >= 4 is 21.6 Å². The predicted molar refractivity (Wildman–Crippen MR) is 78.4 cm³/mol. The zero-order valence-corrected chi connectivity index (χ0v) is 12.3. The van der Waals surface area contributed by atoms with Crippen molar-refractivity contribution in [2.75, 3.05) is 11.9 Å². The molecule has 1 nitrogen and oxygen atoms in total. The molecule has 1 fully saturated rings. The molecule has 0 aliphatic heterocycles. The van der Waals surface area contributed by atoms with Crippen molar-refractivity contribution < 1.29 is 4.39 Å². The quantitative estimate of drug-likeness (QED) is 0.792. The maximum atomic E-state index is 13.7. The van der Waals surface area contributed by atoms with Gasteiger partial charge in [0, 0.05) is 11.0 Å². The average Bonchev–Trinajstić information content (AvgIpc) is 2.29. The highest BCUT2D eigenvalue weighted by molar-refractivity contribution is 9.10. The van der Waals surface area contributed by atoms with E-state index in [4.69, 9.17) is 0 Å². The zero-order valence-electron chi connectivity index (χ0n) is 10.7. The number of rotatable bonds is 3. The molecule has 0 aromatic heterocycles. The van der Waals surface area contributed by atoms with Crippen LogP contribution in [0.15, 0.2) is 22.7 Å². The predicted octanol–water partition coefficient (Wildman–Crippen LogP) is 5.36. The van der Waals surface area contributed by atoms with E-state index in [-0.39, 0.29) is 5.82 Å². The van der Waals surface area contributed by atoms with Gasteiger partial charge < -0.3 is 5.32 Å². The fourth-order valence-electron chi connectivity index (χ4n) is 2.63. The van der Waals surface area contributed by atoms with E-state index in [1.807, 2.05) is 12.1 Å². The molecule has 0 heterocycles. The summed E-state index contributed by atoms with van der Waals surface area (Å²) >= 11 is 3.28. The fourth-order valence-corrected chi connectivity index (χ4v) is 2.97. The first kappa shape index (κ1) is 13.9. The third kappa shape index (κ3) is 4.27. The maximum absolute atomic E-state index is 13.7. The second kappa shape index (κ2) is 7.13. The molecule has 0 radical (unpaired) electrons. The highest BCUT2D eigenvalue weighted by Gasteiger charge is 2.12. The molecule has 18 heavy (non-hydrogen) atoms. The van der Waals surface area contributed by atoms with Crippen molar-refractivity contribution in [2.45, 2.75) is 44.9 Å². The SMILES string of the molecule is Fc1cc(Br)ccc1NCC1CCCCCCC1. The van der Waals surface area contributed by atoms with Crippen LogP contribution < -0.4 is 5.32 Å². The Labute approximate surface area is 117 Å². The molecule has 2 rings (SSSR count). The van der Waals surface area contributed by atoms with Crippen molar-refractivity contribution in [1.29, 1.82) is 0 Å². The maximum Gasteiger partial charge on any atom is 0.147 e. The Balaban J connectivity index is 1.85. The lowest BCUT2D eigenvalue weighted by Crippen LogP contribution is -2.16. The number of benzene rings is 1. The number of hydrogen-bond acceptors (Lipinski definition) is 1. The molecular weight excluding hydrogens is 293 g/mol. The summed E-state index contributed by atoms with van der Waals surface area (Å²) < 4.78 is 14.4. The molecule has 0 spiro atoms. The first-order valence-corrected chi connectivity index (χ1v) is 7.74. The Kier molecular flexibility index (Phi) is 5.48. The van der Waals surface area contributed by atoms with Gasteiger partial charge in [-0.25, -0.2) is 4.39 Å². The lowest BCUT2D eigenvalue weighted by atomic mass is 9.91. The summed E-state index contributed by atoms with van der Waals surface area (Å²) in [7, 11) is 0. The molecule has 100 valence electrons. The summed E-state index contributed by atoms with van der Waals surface area (Å²) in [6.45, 7) is 0.901. The van der Waals surface area contributed by atoms with E-state index in [2.05, 4.69) is 21.2 Å². The van der Waals surface area contributed by atoms with E-state index < -0.39 is 0 Å². The molecule has 1 aromatic rings. The van der Waals surface area contributed by atoms with Crippen LogP contribution in [0.2, 0.25) is 0 Å². The van der Waals surface area contributed by atoms with Crippen molar-refractivity contribution in [1.82, 2.24) is 0 Å². The summed E-state index contributed by atoms with van der Waals surface area (Å²) in [5.74, 6) is 0.531. The normalized spacial score (nSPS) is 18.1. The van der Waals surface area contributed by atoms with Crippen molar-refractivity contribution in [3.8, 4) is 0 Å². The van der Waals surface area contributed by atoms with E-state index in [0.29, 0.717) is 11.6 Å². The third-order valence-electron chi connectivity index (χ3n) is 3.74. The number of halogens is 2. The van der Waals surface area contributed by atoms with E-state index in [1.165, 1.54) is 51.0 Å². The van der Waals surface area contributed by atoms with Gasteiger partial charge in [0.25, 0.3) is 0 Å². The highest BCUT2D eigenvalue weighted by Crippen LogP contribution is 2.24. The van der Waals surface area contributed by atoms with E-state index in [1.54, 1.807) is 0 Å². The topological polar surface area (TPSA) is 12.0 Å². The first-order valence-electron chi connectivity index (χ1n) is 6.94. The summed E-state index contributed by atoms with van der Waals surface area (Å²) in [6, 6.07) is 5.20. The van der Waals surface area contributed by atoms with Gasteiger partial charge in [0.15, 0.2) is 0 Å². The van der Waals surface area contributed by atoms with E-state index in [9.17, 15) is 4.39 Å². The molecule has 3 heteroatoms. The van der Waals surface area contributed by atoms with Crippen LogP contribution in [-0.2, 0) is 0 Å². The van der Waals surface area contributed by atoms with Crippen LogP contribution in [0.25, 0.3) is 0 Å². The van der Waals surface area contributed by atoms with Crippen LogP contribution in [0.4, 0.5) is 10.1 Å². The fraction of sp³-hybridized carbons (Fsp3) is 0.600. The minimum Gasteiger partial charge on any atom is -0.382 e. The Morgan fingerprint density at radius 3 is 2.44 bits per heavy atom. The summed E-state index contributed by atoms with van der Waals surface area (Å²) in [6.07, 6.45) is 9.34. The van der Waals surface area contributed by atoms with Crippen molar-refractivity contribution in [2.24, 2.45) is 5.92 Å². The van der Waals surface area contributed by atoms with Gasteiger partial charge in [0.1, 0.15) is 5.82 Å².